The fraction of sp³-hybridized carbons (Fsp3) is 0.557. The van der Waals surface area contributed by atoms with Crippen LogP contribution in [0.1, 0.15) is 52.3 Å². The van der Waals surface area contributed by atoms with Gasteiger partial charge in [0.25, 0.3) is 5.91 Å². The molecule has 34 heteroatoms. The highest BCUT2D eigenvalue weighted by atomic mass is 35.5. The molecule has 1 saturated heterocycles. The number of para-hydroxylation sites is 1. The van der Waals surface area contributed by atoms with Crippen LogP contribution in [0.3, 0.4) is 0 Å². The number of nitrogens with zero attached hydrogens (tertiary/aromatic N) is 9. The van der Waals surface area contributed by atoms with Crippen molar-refractivity contribution in [1.29, 1.82) is 0 Å². The summed E-state index contributed by atoms with van der Waals surface area (Å²) in [6.07, 6.45) is 6.22. The number of anilines is 4. The first kappa shape index (κ1) is 77.8. The van der Waals surface area contributed by atoms with Gasteiger partial charge in [-0.3, -0.25) is 14.5 Å². The molecule has 0 radical (unpaired) electrons. The molecular weight excluding hydrogens is 1300 g/mol. The van der Waals surface area contributed by atoms with Crippen molar-refractivity contribution in [3.05, 3.63) is 104 Å². The van der Waals surface area contributed by atoms with Crippen LogP contribution in [-0.2, 0) is 58.7 Å². The Morgan fingerprint density at radius 3 is 1.79 bits per heavy atom. The van der Waals surface area contributed by atoms with Crippen molar-refractivity contribution in [1.82, 2.24) is 46.0 Å². The normalized spacial score (nSPS) is 12.1. The number of hydrogen-bond donors (Lipinski definition) is 6. The molecule has 5 rings (SSSR count). The highest BCUT2D eigenvalue weighted by Gasteiger charge is 2.24. The van der Waals surface area contributed by atoms with Gasteiger partial charge in [0.2, 0.25) is 5.91 Å². The van der Waals surface area contributed by atoms with Crippen LogP contribution in [0.25, 0.3) is 10.4 Å². The zero-order chi connectivity index (χ0) is 67.9. The maximum absolute atomic E-state index is 13.9. The standard InChI is InChI=1S/C61H87Cl2N15O16S/c1-46-10-9-11-50(63)55(46)73-56(80)51-43-69-57(95-51)72-52-42-53(71-47(2)70-52)77-24-22-76(23-25-77)45-54(79)78(44-48-12-14-49(15-13-48)74-75-64)21-17-65-58(81)93-40-38-89-36-34-87-29-18-66-59(82)91-27-7-8-28-92-60(83)67-19-30-88-35-37-90-39-41-94-61(84)68-20-31-86-33-32-85-26-6-4-3-5-16-62/h7-15,42-43H,3-6,16-41,44-45H2,1-2H3,(H,65,81)(H,66,82)(H,67,83)(H,68,84)(H,73,80)(H,69,70,71,72)/b8-7+. The Morgan fingerprint density at radius 2 is 1.21 bits per heavy atom. The summed E-state index contributed by atoms with van der Waals surface area (Å²) in [5.41, 5.74) is 11.5. The zero-order valence-corrected chi connectivity index (χ0v) is 56.0. The maximum atomic E-state index is 13.9. The molecule has 0 atom stereocenters. The Bertz CT molecular complexity index is 2980. The first-order valence-electron chi connectivity index (χ1n) is 31.1. The summed E-state index contributed by atoms with van der Waals surface area (Å²) in [4.78, 5) is 97.9. The predicted octanol–water partition coefficient (Wildman–Crippen LogP) is 7.65. The van der Waals surface area contributed by atoms with Gasteiger partial charge in [-0.1, -0.05) is 77.3 Å². The summed E-state index contributed by atoms with van der Waals surface area (Å²) in [6.45, 7) is 10.9. The molecule has 522 valence electrons. The second-order valence-corrected chi connectivity index (χ2v) is 22.4. The summed E-state index contributed by atoms with van der Waals surface area (Å²) in [5.74, 6) is 1.95. The minimum atomic E-state index is -0.682. The molecule has 0 aliphatic carbocycles. The van der Waals surface area contributed by atoms with E-state index in [1.54, 1.807) is 42.2 Å². The van der Waals surface area contributed by atoms with Crippen molar-refractivity contribution < 1.29 is 76.1 Å². The number of carbonyl (C=O) groups excluding carboxylic acids is 6. The van der Waals surface area contributed by atoms with Gasteiger partial charge in [-0.05, 0) is 61.6 Å². The lowest BCUT2D eigenvalue weighted by Gasteiger charge is -2.36. The zero-order valence-electron chi connectivity index (χ0n) is 53.7. The Kier molecular flexibility index (Phi) is 39.2. The quantitative estimate of drug-likeness (QED) is 0.00470. The fourth-order valence-corrected chi connectivity index (χ4v) is 9.69. The van der Waals surface area contributed by atoms with Crippen molar-refractivity contribution in [3.63, 3.8) is 0 Å². The van der Waals surface area contributed by atoms with E-state index in [0.29, 0.717) is 109 Å². The molecule has 0 bridgehead atoms. The van der Waals surface area contributed by atoms with Crippen LogP contribution in [0.2, 0.25) is 5.02 Å². The van der Waals surface area contributed by atoms with Gasteiger partial charge in [0, 0.05) is 94.6 Å². The van der Waals surface area contributed by atoms with Crippen LogP contribution in [0, 0.1) is 13.8 Å². The number of aryl methyl sites for hydroxylation is 2. The number of amides is 6. The van der Waals surface area contributed by atoms with Crippen LogP contribution in [0.4, 0.5) is 47.3 Å². The molecular formula is C61H87Cl2N15O16S. The highest BCUT2D eigenvalue weighted by Crippen LogP contribution is 2.29. The number of unbranched alkanes of at least 4 members (excludes halogenated alkanes) is 3. The van der Waals surface area contributed by atoms with Gasteiger partial charge in [-0.25, -0.2) is 34.1 Å². The molecule has 1 aliphatic heterocycles. The third-order valence-corrected chi connectivity index (χ3v) is 14.8. The number of carbonyl (C=O) groups is 6. The largest absolute Gasteiger partial charge is 0.447 e. The van der Waals surface area contributed by atoms with E-state index < -0.39 is 24.4 Å². The van der Waals surface area contributed by atoms with Crippen molar-refractivity contribution in [2.24, 2.45) is 5.11 Å². The van der Waals surface area contributed by atoms with Gasteiger partial charge >= 0.3 is 24.4 Å². The molecule has 4 aromatic rings. The number of alkyl carbamates (subject to hydrolysis) is 4. The first-order chi connectivity index (χ1) is 46.3. The molecule has 3 heterocycles. The molecule has 1 aliphatic rings. The number of benzene rings is 2. The van der Waals surface area contributed by atoms with Crippen LogP contribution in [-0.4, -0.2) is 238 Å². The lowest BCUT2D eigenvalue weighted by Crippen LogP contribution is -2.51. The lowest BCUT2D eigenvalue weighted by molar-refractivity contribution is -0.133. The number of nitrogens with one attached hydrogen (secondary N) is 6. The van der Waals surface area contributed by atoms with Crippen LogP contribution >= 0.6 is 34.5 Å². The Balaban J connectivity index is 0.835. The molecule has 31 nitrogen and oxygen atoms in total. The first-order valence-corrected chi connectivity index (χ1v) is 32.9. The van der Waals surface area contributed by atoms with E-state index in [-0.39, 0.29) is 130 Å². The molecule has 0 spiro atoms. The van der Waals surface area contributed by atoms with Crippen LogP contribution < -0.4 is 36.8 Å². The number of rotatable bonds is 47. The Morgan fingerprint density at radius 1 is 0.663 bits per heavy atom. The molecule has 0 unspecified atom stereocenters. The highest BCUT2D eigenvalue weighted by molar-refractivity contribution is 7.17. The number of halogens is 2. The minimum Gasteiger partial charge on any atom is -0.447 e. The number of alkyl halides is 1. The van der Waals surface area contributed by atoms with Gasteiger partial charge in [-0.2, -0.15) is 0 Å². The monoisotopic (exact) mass is 1390 g/mol. The average molecular weight is 1390 g/mol. The smallest absolute Gasteiger partial charge is 0.407 e. The molecule has 2 aromatic carbocycles. The van der Waals surface area contributed by atoms with E-state index in [1.165, 1.54) is 29.7 Å². The number of piperazine rings is 1. The van der Waals surface area contributed by atoms with Gasteiger partial charge in [0.15, 0.2) is 5.13 Å². The summed E-state index contributed by atoms with van der Waals surface area (Å²) < 4.78 is 53.0. The third kappa shape index (κ3) is 34.4. The SMILES string of the molecule is Cc1nc(Nc2ncc(C(=O)Nc3c(C)cccc3Cl)s2)cc(N2CCN(CC(=O)N(CCNC(=O)OCCOCCOCCNC(=O)OC/C=C/COC(=O)NCCOCCOCCOC(=O)NCCOCCOCCCCCCCl)Cc3ccc(N=[N+]=[N-])cc3)CC2)n1. The van der Waals surface area contributed by atoms with Gasteiger partial charge in [0.1, 0.15) is 48.8 Å². The van der Waals surface area contributed by atoms with E-state index in [4.69, 9.17) is 76.1 Å². The molecule has 6 amide bonds. The summed E-state index contributed by atoms with van der Waals surface area (Å²) >= 11 is 13.2. The molecule has 6 N–H and O–H groups in total. The topological polar surface area (TPSA) is 364 Å². The summed E-state index contributed by atoms with van der Waals surface area (Å²) in [7, 11) is 0. The molecule has 2 aromatic heterocycles. The Labute approximate surface area is 566 Å². The Hall–Kier alpha value is -7.88. The van der Waals surface area contributed by atoms with Crippen molar-refractivity contribution in [2.45, 2.75) is 46.1 Å². The number of hydrogen-bond acceptors (Lipinski definition) is 24. The third-order valence-electron chi connectivity index (χ3n) is 13.3. The predicted molar refractivity (Wildman–Crippen MR) is 356 cm³/mol. The number of ether oxygens (including phenoxy) is 10. The molecule has 0 saturated carbocycles. The second kappa shape index (κ2) is 47.9. The number of azide groups is 1. The van der Waals surface area contributed by atoms with Crippen molar-refractivity contribution >= 4 is 98.9 Å². The van der Waals surface area contributed by atoms with E-state index in [0.717, 1.165) is 36.8 Å². The second-order valence-electron chi connectivity index (χ2n) is 20.6. The van der Waals surface area contributed by atoms with Crippen molar-refractivity contribution in [2.75, 3.05) is 193 Å². The van der Waals surface area contributed by atoms with Crippen LogP contribution in [0.5, 0.6) is 0 Å². The van der Waals surface area contributed by atoms with E-state index in [1.807, 2.05) is 25.1 Å². The average Bonchev–Trinajstić information content (AvgIpc) is 1.83. The number of aromatic nitrogens is 3. The fourth-order valence-electron chi connectivity index (χ4n) is 8.51. The van der Waals surface area contributed by atoms with E-state index in [9.17, 15) is 28.8 Å². The van der Waals surface area contributed by atoms with E-state index >= 15 is 0 Å². The summed E-state index contributed by atoms with van der Waals surface area (Å²) in [5, 5.41) is 21.0. The van der Waals surface area contributed by atoms with Gasteiger partial charge in [-0.15, -0.1) is 11.6 Å². The molecule has 95 heavy (non-hydrogen) atoms. The number of thiazole rings is 1. The minimum absolute atomic E-state index is 0.0336. The molecule has 1 fully saturated rings. The van der Waals surface area contributed by atoms with Crippen molar-refractivity contribution in [3.8, 4) is 0 Å². The van der Waals surface area contributed by atoms with Crippen LogP contribution in [0.15, 0.2) is 72.0 Å². The van der Waals surface area contributed by atoms with E-state index in [2.05, 4.69) is 66.7 Å². The van der Waals surface area contributed by atoms with Gasteiger partial charge < -0.3 is 89.1 Å². The van der Waals surface area contributed by atoms with Gasteiger partial charge in [0.05, 0.1) is 96.1 Å². The summed E-state index contributed by atoms with van der Waals surface area (Å²) in [6, 6.07) is 14.1. The maximum Gasteiger partial charge on any atom is 0.407 e. The lowest BCUT2D eigenvalue weighted by atomic mass is 10.2.